The summed E-state index contributed by atoms with van der Waals surface area (Å²) in [4.78, 5) is 73.5. The lowest BCUT2D eigenvalue weighted by Crippen LogP contribution is -2.46. The highest BCUT2D eigenvalue weighted by Gasteiger charge is 2.19. The standard InChI is InChI=1S/C30H46N4O12/c1-21(2)20-46-24-5-6-25(23(13-24)14-27(37)38)45-12-4-7-31-26(36)16-34(19-30(43)44)11-9-32(17-28(39)40)8-10-33(15-22(3)35)18-29(41)42/h5-6,13,21H,4,7-12,14-20H2,1-3H3,(H,31,36)(H,37,38)(H,39,40)(H,41,42)(H,43,44). The first-order chi connectivity index (χ1) is 21.6. The Labute approximate surface area is 267 Å². The molecule has 16 heteroatoms. The van der Waals surface area contributed by atoms with Gasteiger partial charge in [0.25, 0.3) is 0 Å². The first-order valence-electron chi connectivity index (χ1n) is 14.8. The molecule has 0 atom stereocenters. The maximum Gasteiger partial charge on any atom is 0.317 e. The second kappa shape index (κ2) is 21.5. The Morgan fingerprint density at radius 3 is 1.80 bits per heavy atom. The summed E-state index contributed by atoms with van der Waals surface area (Å²) in [6.45, 7) is 4.77. The fraction of sp³-hybridized carbons (Fsp3) is 0.600. The summed E-state index contributed by atoms with van der Waals surface area (Å²) in [5, 5.41) is 39.6. The van der Waals surface area contributed by atoms with Crippen LogP contribution < -0.4 is 14.8 Å². The average Bonchev–Trinajstić information content (AvgIpc) is 2.92. The molecule has 5 N–H and O–H groups in total. The van der Waals surface area contributed by atoms with Crippen molar-refractivity contribution in [1.29, 1.82) is 0 Å². The zero-order valence-electron chi connectivity index (χ0n) is 26.6. The number of ether oxygens (including phenoxy) is 2. The minimum atomic E-state index is -1.18. The predicted octanol–water partition coefficient (Wildman–Crippen LogP) is -0.0176. The quantitative estimate of drug-likeness (QED) is 0.0828. The monoisotopic (exact) mass is 654 g/mol. The van der Waals surface area contributed by atoms with E-state index in [9.17, 15) is 44.1 Å². The smallest absolute Gasteiger partial charge is 0.317 e. The number of ketones is 1. The number of hydrogen-bond acceptors (Lipinski definition) is 11. The molecule has 0 aliphatic carbocycles. The first-order valence-corrected chi connectivity index (χ1v) is 14.8. The molecule has 0 saturated heterocycles. The lowest BCUT2D eigenvalue weighted by Gasteiger charge is -2.27. The molecule has 1 aromatic carbocycles. The summed E-state index contributed by atoms with van der Waals surface area (Å²) < 4.78 is 11.4. The van der Waals surface area contributed by atoms with Gasteiger partial charge in [0.1, 0.15) is 17.3 Å². The van der Waals surface area contributed by atoms with Crippen molar-refractivity contribution in [2.24, 2.45) is 5.92 Å². The zero-order valence-corrected chi connectivity index (χ0v) is 26.6. The topological polar surface area (TPSA) is 224 Å². The van der Waals surface area contributed by atoms with Gasteiger partial charge in [-0.2, -0.15) is 0 Å². The molecular weight excluding hydrogens is 608 g/mol. The first kappa shape index (κ1) is 39.7. The third kappa shape index (κ3) is 19.2. The van der Waals surface area contributed by atoms with E-state index in [-0.39, 0.29) is 64.6 Å². The molecule has 1 aromatic rings. The average molecular weight is 655 g/mol. The van der Waals surface area contributed by atoms with Crippen LogP contribution in [-0.2, 0) is 35.2 Å². The molecule has 0 saturated carbocycles. The molecule has 46 heavy (non-hydrogen) atoms. The summed E-state index contributed by atoms with van der Waals surface area (Å²) >= 11 is 0. The minimum Gasteiger partial charge on any atom is -0.493 e. The molecule has 16 nitrogen and oxygen atoms in total. The highest BCUT2D eigenvalue weighted by molar-refractivity contribution is 5.79. The van der Waals surface area contributed by atoms with Crippen LogP contribution in [0.3, 0.4) is 0 Å². The van der Waals surface area contributed by atoms with Crippen LogP contribution in [0, 0.1) is 5.92 Å². The van der Waals surface area contributed by atoms with Crippen molar-refractivity contribution >= 4 is 35.6 Å². The Morgan fingerprint density at radius 1 is 0.739 bits per heavy atom. The molecule has 0 fully saturated rings. The van der Waals surface area contributed by atoms with Crippen molar-refractivity contribution in [1.82, 2.24) is 20.0 Å². The molecule has 0 aliphatic heterocycles. The predicted molar refractivity (Wildman–Crippen MR) is 164 cm³/mol. The van der Waals surface area contributed by atoms with Gasteiger partial charge < -0.3 is 35.2 Å². The van der Waals surface area contributed by atoms with Crippen molar-refractivity contribution in [3.8, 4) is 11.5 Å². The molecule has 0 aliphatic rings. The highest BCUT2D eigenvalue weighted by Crippen LogP contribution is 2.25. The summed E-state index contributed by atoms with van der Waals surface area (Å²) in [6.07, 6.45) is 0.121. The van der Waals surface area contributed by atoms with Crippen molar-refractivity contribution < 1.29 is 58.7 Å². The van der Waals surface area contributed by atoms with E-state index in [1.165, 1.54) is 21.6 Å². The van der Waals surface area contributed by atoms with Crippen molar-refractivity contribution in [2.45, 2.75) is 33.6 Å². The van der Waals surface area contributed by atoms with Crippen LogP contribution >= 0.6 is 0 Å². The van der Waals surface area contributed by atoms with Gasteiger partial charge in [0.15, 0.2) is 0 Å². The van der Waals surface area contributed by atoms with Crippen LogP contribution in [0.5, 0.6) is 11.5 Å². The fourth-order valence-corrected chi connectivity index (χ4v) is 4.24. The van der Waals surface area contributed by atoms with Crippen LogP contribution in [0.1, 0.15) is 32.8 Å². The van der Waals surface area contributed by atoms with Gasteiger partial charge in [-0.3, -0.25) is 43.5 Å². The van der Waals surface area contributed by atoms with Gasteiger partial charge in [0.2, 0.25) is 5.91 Å². The lowest BCUT2D eigenvalue weighted by molar-refractivity contribution is -0.141. The maximum absolute atomic E-state index is 12.6. The Balaban J connectivity index is 2.66. The summed E-state index contributed by atoms with van der Waals surface area (Å²) in [5.74, 6) is -3.98. The number of carbonyl (C=O) groups is 6. The molecule has 1 rings (SSSR count). The number of carbonyl (C=O) groups excluding carboxylic acids is 2. The molecule has 0 radical (unpaired) electrons. The van der Waals surface area contributed by atoms with Gasteiger partial charge in [-0.15, -0.1) is 0 Å². The van der Waals surface area contributed by atoms with E-state index < -0.39 is 49.4 Å². The Kier molecular flexibility index (Phi) is 18.5. The SMILES string of the molecule is CC(=O)CN(CCN(CCN(CC(=O)O)CC(=O)NCCCOc1ccc(OCC(C)C)cc1CC(=O)O)CC(=O)O)CC(=O)O. The Hall–Kier alpha value is -4.28. The Bertz CT molecular complexity index is 1160. The fourth-order valence-electron chi connectivity index (χ4n) is 4.24. The van der Waals surface area contributed by atoms with Gasteiger partial charge in [-0.1, -0.05) is 13.8 Å². The number of benzene rings is 1. The van der Waals surface area contributed by atoms with E-state index in [2.05, 4.69) is 5.32 Å². The number of aliphatic carboxylic acids is 4. The minimum absolute atomic E-state index is 0.0327. The van der Waals surface area contributed by atoms with E-state index >= 15 is 0 Å². The second-order valence-electron chi connectivity index (χ2n) is 11.2. The number of amides is 1. The van der Waals surface area contributed by atoms with Crippen LogP contribution in [0.4, 0.5) is 0 Å². The molecule has 0 aromatic heterocycles. The number of hydrogen-bond donors (Lipinski definition) is 5. The van der Waals surface area contributed by atoms with E-state index in [1.54, 1.807) is 18.2 Å². The van der Waals surface area contributed by atoms with Crippen molar-refractivity contribution in [3.63, 3.8) is 0 Å². The van der Waals surface area contributed by atoms with Crippen LogP contribution in [0.25, 0.3) is 0 Å². The molecule has 1 amide bonds. The van der Waals surface area contributed by atoms with Crippen molar-refractivity contribution in [2.75, 3.05) is 78.7 Å². The summed E-state index contributed by atoms with van der Waals surface area (Å²) in [6, 6.07) is 4.95. The summed E-state index contributed by atoms with van der Waals surface area (Å²) in [5.41, 5.74) is 0.451. The van der Waals surface area contributed by atoms with Crippen LogP contribution in [0.15, 0.2) is 18.2 Å². The maximum atomic E-state index is 12.6. The number of carboxylic acids is 4. The van der Waals surface area contributed by atoms with E-state index in [0.29, 0.717) is 36.0 Å². The third-order valence-electron chi connectivity index (χ3n) is 6.21. The highest BCUT2D eigenvalue weighted by atomic mass is 16.5. The van der Waals surface area contributed by atoms with Gasteiger partial charge in [0.05, 0.1) is 52.4 Å². The molecule has 0 unspecified atom stereocenters. The number of nitrogens with one attached hydrogen (secondary N) is 1. The van der Waals surface area contributed by atoms with E-state index in [4.69, 9.17) is 14.6 Å². The largest absolute Gasteiger partial charge is 0.493 e. The molecule has 0 spiro atoms. The molecule has 0 bridgehead atoms. The molecule has 258 valence electrons. The van der Waals surface area contributed by atoms with Crippen LogP contribution in [0.2, 0.25) is 0 Å². The van der Waals surface area contributed by atoms with Gasteiger partial charge in [-0.25, -0.2) is 0 Å². The Morgan fingerprint density at radius 2 is 1.28 bits per heavy atom. The van der Waals surface area contributed by atoms with Crippen molar-refractivity contribution in [3.05, 3.63) is 23.8 Å². The number of rotatable bonds is 26. The van der Waals surface area contributed by atoms with Gasteiger partial charge in [-0.05, 0) is 37.5 Å². The number of carboxylic acid groups (broad SMARTS) is 4. The number of nitrogens with zero attached hydrogens (tertiary/aromatic N) is 3. The van der Waals surface area contributed by atoms with Gasteiger partial charge >= 0.3 is 23.9 Å². The third-order valence-corrected chi connectivity index (χ3v) is 6.21. The molecule has 0 heterocycles. The van der Waals surface area contributed by atoms with Crippen LogP contribution in [-0.4, -0.2) is 149 Å². The van der Waals surface area contributed by atoms with E-state index in [0.717, 1.165) is 0 Å². The normalized spacial score (nSPS) is 11.2. The second-order valence-corrected chi connectivity index (χ2v) is 11.2. The lowest BCUT2D eigenvalue weighted by atomic mass is 10.1. The molecular formula is C30H46N4O12. The van der Waals surface area contributed by atoms with E-state index in [1.807, 2.05) is 13.8 Å². The summed E-state index contributed by atoms with van der Waals surface area (Å²) in [7, 11) is 0. The number of Topliss-reactive ketones (excluding diaryl/α,β-unsaturated/α-hetero) is 1. The zero-order chi connectivity index (χ0) is 34.6. The van der Waals surface area contributed by atoms with Gasteiger partial charge in [0, 0.05) is 38.3 Å².